The van der Waals surface area contributed by atoms with Gasteiger partial charge in [0, 0.05) is 5.41 Å². The van der Waals surface area contributed by atoms with Gasteiger partial charge < -0.3 is 0 Å². The van der Waals surface area contributed by atoms with Crippen molar-refractivity contribution in [3.05, 3.63) is 41.0 Å². The van der Waals surface area contributed by atoms with Crippen LogP contribution in [0.1, 0.15) is 58.2 Å². The Labute approximate surface area is 99.4 Å². The van der Waals surface area contributed by atoms with E-state index in [0.29, 0.717) is 0 Å². The Kier molecular flexibility index (Phi) is 2.31. The van der Waals surface area contributed by atoms with Gasteiger partial charge >= 0.3 is 0 Å². The lowest BCUT2D eigenvalue weighted by Gasteiger charge is -2.24. The first kappa shape index (κ1) is 11.4. The molecule has 2 rings (SSSR count). The third-order valence-electron chi connectivity index (χ3n) is 3.58. The lowest BCUT2D eigenvalue weighted by molar-refractivity contribution is 0.585. The van der Waals surface area contributed by atoms with Crippen molar-refractivity contribution in [1.82, 2.24) is 0 Å². The maximum Gasteiger partial charge on any atom is 0.00873 e. The molecule has 0 aromatic heterocycles. The van der Waals surface area contributed by atoms with Crippen LogP contribution in [0.25, 0.3) is 5.57 Å². The zero-order valence-corrected chi connectivity index (χ0v) is 11.3. The zero-order valence-electron chi connectivity index (χ0n) is 11.3. The van der Waals surface area contributed by atoms with Crippen molar-refractivity contribution >= 4 is 5.57 Å². The third-order valence-corrected chi connectivity index (χ3v) is 3.58. The van der Waals surface area contributed by atoms with Crippen LogP contribution < -0.4 is 0 Å². The molecule has 16 heavy (non-hydrogen) atoms. The zero-order chi connectivity index (χ0) is 12.1. The van der Waals surface area contributed by atoms with Gasteiger partial charge in [-0.05, 0) is 34.6 Å². The first-order valence-corrected chi connectivity index (χ1v) is 6.07. The standard InChI is InChI=1S/C16H22/c1-11-10-16(5,6)14-9-12(15(2,3)4)7-8-13(11)14/h7-10H,1-6H3. The highest BCUT2D eigenvalue weighted by Crippen LogP contribution is 2.41. The van der Waals surface area contributed by atoms with Crippen LogP contribution in [0, 0.1) is 0 Å². The smallest absolute Gasteiger partial charge is 0.00873 e. The molecule has 0 spiro atoms. The van der Waals surface area contributed by atoms with E-state index in [1.165, 1.54) is 22.3 Å². The maximum absolute atomic E-state index is 2.39. The van der Waals surface area contributed by atoms with E-state index in [-0.39, 0.29) is 10.8 Å². The minimum Gasteiger partial charge on any atom is -0.0709 e. The fourth-order valence-electron chi connectivity index (χ4n) is 2.58. The molecule has 0 saturated carbocycles. The summed E-state index contributed by atoms with van der Waals surface area (Å²) in [5.74, 6) is 0. The van der Waals surface area contributed by atoms with Crippen LogP contribution in [-0.4, -0.2) is 0 Å². The molecule has 0 fully saturated rings. The Morgan fingerprint density at radius 2 is 1.69 bits per heavy atom. The molecule has 0 radical (unpaired) electrons. The van der Waals surface area contributed by atoms with E-state index in [4.69, 9.17) is 0 Å². The molecule has 0 aliphatic heterocycles. The second kappa shape index (κ2) is 3.23. The Morgan fingerprint density at radius 3 is 2.25 bits per heavy atom. The Balaban J connectivity index is 2.59. The molecule has 0 nitrogen and oxygen atoms in total. The quantitative estimate of drug-likeness (QED) is 0.588. The average Bonchev–Trinajstić information content (AvgIpc) is 2.36. The first-order valence-electron chi connectivity index (χ1n) is 6.07. The van der Waals surface area contributed by atoms with E-state index in [0.717, 1.165) is 0 Å². The van der Waals surface area contributed by atoms with E-state index >= 15 is 0 Å². The van der Waals surface area contributed by atoms with Crippen molar-refractivity contribution in [1.29, 1.82) is 0 Å². The molecule has 1 aromatic carbocycles. The lowest BCUT2D eigenvalue weighted by Crippen LogP contribution is -2.15. The number of rotatable bonds is 0. The Hall–Kier alpha value is -1.04. The van der Waals surface area contributed by atoms with E-state index < -0.39 is 0 Å². The van der Waals surface area contributed by atoms with Gasteiger partial charge in [0.2, 0.25) is 0 Å². The summed E-state index contributed by atoms with van der Waals surface area (Å²) in [7, 11) is 0. The fraction of sp³-hybridized carbons (Fsp3) is 0.500. The molecule has 0 heteroatoms. The largest absolute Gasteiger partial charge is 0.0709 e. The van der Waals surface area contributed by atoms with Crippen molar-refractivity contribution in [3.8, 4) is 0 Å². The normalized spacial score (nSPS) is 18.2. The van der Waals surface area contributed by atoms with Crippen molar-refractivity contribution < 1.29 is 0 Å². The van der Waals surface area contributed by atoms with Gasteiger partial charge in [-0.15, -0.1) is 0 Å². The second-order valence-electron chi connectivity index (χ2n) is 6.56. The molecule has 0 bridgehead atoms. The molecule has 86 valence electrons. The topological polar surface area (TPSA) is 0 Å². The first-order chi connectivity index (χ1) is 7.22. The van der Waals surface area contributed by atoms with Crippen LogP contribution in [-0.2, 0) is 10.8 Å². The highest BCUT2D eigenvalue weighted by molar-refractivity contribution is 5.75. The van der Waals surface area contributed by atoms with Crippen LogP contribution in [0.3, 0.4) is 0 Å². The molecular formula is C16H22. The van der Waals surface area contributed by atoms with Gasteiger partial charge in [0.25, 0.3) is 0 Å². The van der Waals surface area contributed by atoms with Gasteiger partial charge in [-0.3, -0.25) is 0 Å². The van der Waals surface area contributed by atoms with Crippen LogP contribution in [0.4, 0.5) is 0 Å². The molecule has 0 unspecified atom stereocenters. The number of hydrogen-bond donors (Lipinski definition) is 0. The monoisotopic (exact) mass is 214 g/mol. The Morgan fingerprint density at radius 1 is 1.06 bits per heavy atom. The summed E-state index contributed by atoms with van der Waals surface area (Å²) in [6.07, 6.45) is 2.38. The highest BCUT2D eigenvalue weighted by atomic mass is 14.3. The molecule has 0 heterocycles. The number of benzene rings is 1. The van der Waals surface area contributed by atoms with Crippen LogP contribution in [0.15, 0.2) is 24.3 Å². The van der Waals surface area contributed by atoms with Gasteiger partial charge in [-0.1, -0.05) is 58.9 Å². The third kappa shape index (κ3) is 1.71. The molecule has 1 aromatic rings. The number of fused-ring (bicyclic) bond motifs is 1. The molecule has 0 atom stereocenters. The van der Waals surface area contributed by atoms with E-state index in [9.17, 15) is 0 Å². The number of allylic oxidation sites excluding steroid dienone is 2. The van der Waals surface area contributed by atoms with Gasteiger partial charge in [-0.2, -0.15) is 0 Å². The van der Waals surface area contributed by atoms with Crippen molar-refractivity contribution in [2.75, 3.05) is 0 Å². The Bertz CT molecular complexity index is 453. The van der Waals surface area contributed by atoms with Gasteiger partial charge in [0.05, 0.1) is 0 Å². The molecule has 1 aliphatic rings. The summed E-state index contributed by atoms with van der Waals surface area (Å²) < 4.78 is 0. The average molecular weight is 214 g/mol. The SMILES string of the molecule is CC1=CC(C)(C)c2cc(C(C)(C)C)ccc21. The van der Waals surface area contributed by atoms with Crippen molar-refractivity contribution in [2.24, 2.45) is 0 Å². The summed E-state index contributed by atoms with van der Waals surface area (Å²) in [6.45, 7) is 13.6. The minimum absolute atomic E-state index is 0.195. The predicted octanol–water partition coefficient (Wildman–Crippen LogP) is 4.68. The van der Waals surface area contributed by atoms with E-state index in [1.54, 1.807) is 0 Å². The van der Waals surface area contributed by atoms with Gasteiger partial charge in [-0.25, -0.2) is 0 Å². The fourth-order valence-corrected chi connectivity index (χ4v) is 2.58. The summed E-state index contributed by atoms with van der Waals surface area (Å²) in [5, 5.41) is 0. The highest BCUT2D eigenvalue weighted by Gasteiger charge is 2.29. The van der Waals surface area contributed by atoms with E-state index in [2.05, 4.69) is 65.8 Å². The van der Waals surface area contributed by atoms with Crippen molar-refractivity contribution in [3.63, 3.8) is 0 Å². The summed E-state index contributed by atoms with van der Waals surface area (Å²) in [5.41, 5.74) is 6.20. The molecular weight excluding hydrogens is 192 g/mol. The maximum atomic E-state index is 2.39. The van der Waals surface area contributed by atoms with Crippen LogP contribution in [0.5, 0.6) is 0 Å². The van der Waals surface area contributed by atoms with Crippen LogP contribution >= 0.6 is 0 Å². The molecule has 0 saturated heterocycles. The summed E-state index contributed by atoms with van der Waals surface area (Å²) >= 11 is 0. The molecule has 1 aliphatic carbocycles. The van der Waals surface area contributed by atoms with Gasteiger partial charge in [0.1, 0.15) is 0 Å². The van der Waals surface area contributed by atoms with E-state index in [1.807, 2.05) is 0 Å². The number of hydrogen-bond acceptors (Lipinski definition) is 0. The van der Waals surface area contributed by atoms with Crippen molar-refractivity contribution in [2.45, 2.75) is 52.4 Å². The molecule has 0 N–H and O–H groups in total. The summed E-state index contributed by atoms with van der Waals surface area (Å²) in [6, 6.07) is 6.95. The molecule has 0 amide bonds. The van der Waals surface area contributed by atoms with Gasteiger partial charge in [0.15, 0.2) is 0 Å². The second-order valence-corrected chi connectivity index (χ2v) is 6.56. The van der Waals surface area contributed by atoms with Crippen LogP contribution in [0.2, 0.25) is 0 Å². The minimum atomic E-state index is 0.195. The lowest BCUT2D eigenvalue weighted by atomic mass is 9.80. The summed E-state index contributed by atoms with van der Waals surface area (Å²) in [4.78, 5) is 0. The predicted molar refractivity (Wildman–Crippen MR) is 71.8 cm³/mol.